The number of hydrogen-bond donors (Lipinski definition) is 2. The van der Waals surface area contributed by atoms with Gasteiger partial charge in [-0.3, -0.25) is 19.0 Å². The number of amides is 2. The van der Waals surface area contributed by atoms with Gasteiger partial charge in [-0.05, 0) is 44.4 Å². The lowest BCUT2D eigenvalue weighted by Gasteiger charge is -2.36. The molecule has 262 valence electrons. The Hall–Kier alpha value is -5.39. The highest BCUT2D eigenvalue weighted by atomic mass is 19.4. The fraction of sp³-hybridized carbons (Fsp3) is 0.438. The average molecular weight is 695 g/mol. The van der Waals surface area contributed by atoms with Crippen molar-refractivity contribution in [2.45, 2.75) is 51.7 Å². The molecule has 18 heteroatoms. The highest BCUT2D eigenvalue weighted by molar-refractivity contribution is 5.96. The number of hydrogen-bond acceptors (Lipinski definition) is 11. The Morgan fingerprint density at radius 1 is 1.06 bits per heavy atom. The highest BCUT2D eigenvalue weighted by Gasteiger charge is 2.41. The maximum Gasteiger partial charge on any atom is 0.433 e. The Balaban J connectivity index is 1.26. The number of carbonyl (C=O) groups excluding carboxylic acids is 2. The van der Waals surface area contributed by atoms with Gasteiger partial charge in [0.2, 0.25) is 11.7 Å². The number of aryl methyl sites for hydroxylation is 2. The van der Waals surface area contributed by atoms with E-state index in [1.807, 2.05) is 17.9 Å². The standard InChI is InChI=1S/C32H33F3N10O5/c1-16-14-21(28(47)39-20-4-5-22(32(33,34)35)38-17(20)2)44-24(16)25(30(49)45-31(44)40-27(41-45)19-6-12-50-13-7-19)42-8-10-43(11-9-42)29(48)23-26(46)18(3)36-15-37-23/h4-6,15-16,21,46H,7-14H2,1-3H3,(H,39,47)/t16-,21-/m0/s1. The summed E-state index contributed by atoms with van der Waals surface area (Å²) in [6.45, 7) is 6.61. The van der Waals surface area contributed by atoms with Crippen molar-refractivity contribution in [2.75, 3.05) is 49.6 Å². The number of nitrogens with zero attached hydrogens (tertiary/aromatic N) is 9. The number of rotatable bonds is 5. The molecule has 3 aliphatic rings. The van der Waals surface area contributed by atoms with Crippen LogP contribution in [0.2, 0.25) is 0 Å². The van der Waals surface area contributed by atoms with Crippen molar-refractivity contribution in [3.05, 3.63) is 69.2 Å². The molecular weight excluding hydrogens is 661 g/mol. The number of halogens is 3. The Kier molecular flexibility index (Phi) is 8.28. The van der Waals surface area contributed by atoms with Gasteiger partial charge >= 0.3 is 6.18 Å². The van der Waals surface area contributed by atoms with Crippen LogP contribution in [-0.4, -0.2) is 95.3 Å². The number of fused-ring (bicyclic) bond motifs is 3. The number of alkyl halides is 3. The fourth-order valence-corrected chi connectivity index (χ4v) is 6.72. The molecule has 3 aliphatic heterocycles. The largest absolute Gasteiger partial charge is 0.504 e. The van der Waals surface area contributed by atoms with Crippen LogP contribution >= 0.6 is 0 Å². The number of pyridine rings is 1. The van der Waals surface area contributed by atoms with E-state index in [9.17, 15) is 32.7 Å². The van der Waals surface area contributed by atoms with Gasteiger partial charge in [0.15, 0.2) is 17.3 Å². The number of carbonyl (C=O) groups is 2. The number of aromatic hydroxyl groups is 1. The number of aromatic nitrogens is 7. The molecule has 4 aromatic rings. The van der Waals surface area contributed by atoms with E-state index in [2.05, 4.69) is 25.4 Å². The molecular formula is C32H33F3N10O5. The number of nitrogens with one attached hydrogen (secondary N) is 1. The smallest absolute Gasteiger partial charge is 0.433 e. The van der Waals surface area contributed by atoms with Gasteiger partial charge in [0.05, 0.1) is 36.0 Å². The molecule has 7 heterocycles. The van der Waals surface area contributed by atoms with Crippen LogP contribution in [0, 0.1) is 13.8 Å². The molecule has 2 amide bonds. The molecule has 7 rings (SSSR count). The monoisotopic (exact) mass is 694 g/mol. The Bertz CT molecular complexity index is 2120. The third-order valence-electron chi connectivity index (χ3n) is 9.34. The number of ether oxygens (including phenoxy) is 1. The van der Waals surface area contributed by atoms with E-state index in [1.54, 1.807) is 16.4 Å². The third-order valence-corrected chi connectivity index (χ3v) is 9.34. The summed E-state index contributed by atoms with van der Waals surface area (Å²) in [4.78, 5) is 61.2. The predicted octanol–water partition coefficient (Wildman–Crippen LogP) is 2.87. The lowest BCUT2D eigenvalue weighted by Crippen LogP contribution is -2.51. The summed E-state index contributed by atoms with van der Waals surface area (Å²) in [6.07, 6.45) is -0.780. The van der Waals surface area contributed by atoms with Crippen LogP contribution in [0.3, 0.4) is 0 Å². The molecule has 2 atom stereocenters. The van der Waals surface area contributed by atoms with Gasteiger partial charge in [0, 0.05) is 32.1 Å². The van der Waals surface area contributed by atoms with Crippen molar-refractivity contribution in [1.29, 1.82) is 0 Å². The van der Waals surface area contributed by atoms with E-state index in [-0.39, 0.29) is 72.8 Å². The van der Waals surface area contributed by atoms with E-state index < -0.39 is 35.3 Å². The van der Waals surface area contributed by atoms with Gasteiger partial charge in [-0.2, -0.15) is 22.7 Å². The maximum absolute atomic E-state index is 14.3. The highest BCUT2D eigenvalue weighted by Crippen LogP contribution is 2.42. The second-order valence-electron chi connectivity index (χ2n) is 12.5. The molecule has 1 fully saturated rings. The van der Waals surface area contributed by atoms with Gasteiger partial charge in [-0.15, -0.1) is 5.10 Å². The molecule has 0 aromatic carbocycles. The summed E-state index contributed by atoms with van der Waals surface area (Å²) in [5.74, 6) is -1.09. The second-order valence-corrected chi connectivity index (χ2v) is 12.5. The molecule has 50 heavy (non-hydrogen) atoms. The van der Waals surface area contributed by atoms with Gasteiger partial charge in [0.1, 0.15) is 23.8 Å². The summed E-state index contributed by atoms with van der Waals surface area (Å²) in [6, 6.07) is 1.09. The van der Waals surface area contributed by atoms with E-state index in [4.69, 9.17) is 9.72 Å². The van der Waals surface area contributed by atoms with E-state index in [1.165, 1.54) is 23.8 Å². The van der Waals surface area contributed by atoms with Gasteiger partial charge < -0.3 is 25.0 Å². The van der Waals surface area contributed by atoms with Crippen molar-refractivity contribution >= 4 is 34.5 Å². The SMILES string of the molecule is Cc1nc(C(F)(F)F)ccc1NC(=O)[C@@H]1C[C@H](C)c2c(N3CCN(C(=O)c4ncnc(C)c4O)CC3)c(=O)n3nc(C4=CCOCC4)nc3n21. The zero-order valence-electron chi connectivity index (χ0n) is 27.4. The Morgan fingerprint density at radius 2 is 1.82 bits per heavy atom. The summed E-state index contributed by atoms with van der Waals surface area (Å²) >= 11 is 0. The van der Waals surface area contributed by atoms with Crippen molar-refractivity contribution < 1.29 is 32.6 Å². The molecule has 0 radical (unpaired) electrons. The average Bonchev–Trinajstić information content (AvgIpc) is 3.69. The second kappa shape index (κ2) is 12.5. The van der Waals surface area contributed by atoms with Crippen LogP contribution in [0.4, 0.5) is 24.5 Å². The van der Waals surface area contributed by atoms with Crippen LogP contribution in [0.15, 0.2) is 29.3 Å². The van der Waals surface area contributed by atoms with Crippen molar-refractivity contribution in [3.8, 4) is 5.75 Å². The van der Waals surface area contributed by atoms with Gasteiger partial charge in [0.25, 0.3) is 11.5 Å². The van der Waals surface area contributed by atoms with Crippen molar-refractivity contribution in [1.82, 2.24) is 39.0 Å². The van der Waals surface area contributed by atoms with Crippen LogP contribution in [0.5, 0.6) is 5.75 Å². The Labute approximate surface area is 282 Å². The van der Waals surface area contributed by atoms with Crippen LogP contribution in [0.25, 0.3) is 11.4 Å². The summed E-state index contributed by atoms with van der Waals surface area (Å²) in [5, 5.41) is 17.7. The topological polar surface area (TPSA) is 173 Å². The van der Waals surface area contributed by atoms with Crippen molar-refractivity contribution in [2.24, 2.45) is 0 Å². The molecule has 0 aliphatic carbocycles. The summed E-state index contributed by atoms with van der Waals surface area (Å²) in [7, 11) is 0. The minimum absolute atomic E-state index is 0.000678. The lowest BCUT2D eigenvalue weighted by molar-refractivity contribution is -0.141. The molecule has 4 aromatic heterocycles. The van der Waals surface area contributed by atoms with Crippen LogP contribution in [0.1, 0.15) is 70.8 Å². The summed E-state index contributed by atoms with van der Waals surface area (Å²) < 4.78 is 48.1. The molecule has 0 bridgehead atoms. The van der Waals surface area contributed by atoms with E-state index in [0.717, 1.165) is 11.6 Å². The van der Waals surface area contributed by atoms with E-state index >= 15 is 0 Å². The molecule has 0 unspecified atom stereocenters. The normalized spacial score (nSPS) is 19.4. The van der Waals surface area contributed by atoms with Gasteiger partial charge in [-0.1, -0.05) is 13.0 Å². The first-order valence-electron chi connectivity index (χ1n) is 16.1. The first kappa shape index (κ1) is 33.1. The first-order valence-corrected chi connectivity index (χ1v) is 16.1. The zero-order valence-corrected chi connectivity index (χ0v) is 27.4. The molecule has 0 saturated carbocycles. The zero-order chi connectivity index (χ0) is 35.5. The minimum Gasteiger partial charge on any atom is -0.504 e. The quantitative estimate of drug-likeness (QED) is 0.315. The van der Waals surface area contributed by atoms with Gasteiger partial charge in [-0.25, -0.2) is 15.0 Å². The predicted molar refractivity (Wildman–Crippen MR) is 172 cm³/mol. The lowest BCUT2D eigenvalue weighted by atomic mass is 10.0. The maximum atomic E-state index is 14.3. The molecule has 0 spiro atoms. The van der Waals surface area contributed by atoms with E-state index in [0.29, 0.717) is 36.8 Å². The van der Waals surface area contributed by atoms with Crippen LogP contribution in [-0.2, 0) is 15.7 Å². The molecule has 1 saturated heterocycles. The first-order chi connectivity index (χ1) is 23.8. The molecule has 2 N–H and O–H groups in total. The number of anilines is 2. The minimum atomic E-state index is -4.64. The summed E-state index contributed by atoms with van der Waals surface area (Å²) in [5.41, 5.74) is 0.473. The Morgan fingerprint density at radius 3 is 2.50 bits per heavy atom. The number of piperazine rings is 1. The van der Waals surface area contributed by atoms with Crippen molar-refractivity contribution in [3.63, 3.8) is 0 Å². The third kappa shape index (κ3) is 5.72. The fourth-order valence-electron chi connectivity index (χ4n) is 6.72. The van der Waals surface area contributed by atoms with Crippen LogP contribution < -0.4 is 15.8 Å². The molecule has 15 nitrogen and oxygen atoms in total.